The molecule has 1 amide bonds. The van der Waals surface area contributed by atoms with Crippen LogP contribution < -0.4 is 15.8 Å². The predicted molar refractivity (Wildman–Crippen MR) is 74.9 cm³/mol. The number of carbonyl (C=O) groups excluding carboxylic acids is 1. The maximum absolute atomic E-state index is 13.5. The third kappa shape index (κ3) is 3.80. The van der Waals surface area contributed by atoms with Gasteiger partial charge in [0, 0.05) is 23.9 Å². The molecule has 0 radical (unpaired) electrons. The Morgan fingerprint density at radius 1 is 1.20 bits per heavy atom. The van der Waals surface area contributed by atoms with Crippen LogP contribution in [0.3, 0.4) is 0 Å². The van der Waals surface area contributed by atoms with E-state index in [2.05, 4.69) is 5.32 Å². The molecule has 0 fully saturated rings. The zero-order valence-corrected chi connectivity index (χ0v) is 10.8. The summed E-state index contributed by atoms with van der Waals surface area (Å²) < 4.78 is 18.7. The number of ether oxygens (including phenoxy) is 1. The molecule has 0 spiro atoms. The van der Waals surface area contributed by atoms with E-state index < -0.39 is 5.82 Å². The van der Waals surface area contributed by atoms with Gasteiger partial charge in [-0.2, -0.15) is 0 Å². The van der Waals surface area contributed by atoms with E-state index in [1.165, 1.54) is 6.07 Å². The molecule has 0 heterocycles. The molecule has 2 aromatic rings. The second kappa shape index (κ2) is 6.68. The van der Waals surface area contributed by atoms with Gasteiger partial charge in [0.1, 0.15) is 11.6 Å². The third-order valence-corrected chi connectivity index (χ3v) is 2.67. The summed E-state index contributed by atoms with van der Waals surface area (Å²) in [5.41, 5.74) is 6.46. The minimum Gasteiger partial charge on any atom is -0.484 e. The first-order chi connectivity index (χ1) is 9.69. The van der Waals surface area contributed by atoms with E-state index in [-0.39, 0.29) is 19.1 Å². The number of rotatable bonds is 5. The number of anilines is 1. The van der Waals surface area contributed by atoms with Crippen LogP contribution in [-0.2, 0) is 11.3 Å². The Labute approximate surface area is 116 Å². The number of amides is 1. The van der Waals surface area contributed by atoms with Crippen LogP contribution in [0.4, 0.5) is 10.1 Å². The Bertz CT molecular complexity index is 588. The van der Waals surface area contributed by atoms with Crippen molar-refractivity contribution >= 4 is 11.6 Å². The van der Waals surface area contributed by atoms with Crippen molar-refractivity contribution < 1.29 is 13.9 Å². The van der Waals surface area contributed by atoms with Crippen LogP contribution in [0.5, 0.6) is 5.75 Å². The molecule has 2 rings (SSSR count). The predicted octanol–water partition coefficient (Wildman–Crippen LogP) is 2.30. The van der Waals surface area contributed by atoms with Gasteiger partial charge in [0.25, 0.3) is 5.91 Å². The normalized spacial score (nSPS) is 10.1. The molecule has 104 valence electrons. The molecule has 0 saturated carbocycles. The van der Waals surface area contributed by atoms with Crippen molar-refractivity contribution in [1.29, 1.82) is 0 Å². The largest absolute Gasteiger partial charge is 0.484 e. The van der Waals surface area contributed by atoms with Crippen LogP contribution in [0.2, 0.25) is 0 Å². The topological polar surface area (TPSA) is 64.3 Å². The number of benzene rings is 2. The number of carbonyl (C=O) groups is 1. The molecule has 0 atom stereocenters. The van der Waals surface area contributed by atoms with E-state index in [9.17, 15) is 9.18 Å². The molecule has 0 aliphatic rings. The molecule has 0 aliphatic heterocycles. The first-order valence-corrected chi connectivity index (χ1v) is 6.15. The van der Waals surface area contributed by atoms with Crippen LogP contribution >= 0.6 is 0 Å². The van der Waals surface area contributed by atoms with Crippen molar-refractivity contribution in [2.24, 2.45) is 5.73 Å². The molecule has 0 aromatic heterocycles. The van der Waals surface area contributed by atoms with Gasteiger partial charge >= 0.3 is 0 Å². The summed E-state index contributed by atoms with van der Waals surface area (Å²) in [6.45, 7) is -0.0586. The van der Waals surface area contributed by atoms with Gasteiger partial charge in [-0.1, -0.05) is 24.3 Å². The number of hydrogen-bond acceptors (Lipinski definition) is 3. The summed E-state index contributed by atoms with van der Waals surface area (Å²) in [4.78, 5) is 11.6. The number of halogens is 1. The average molecular weight is 274 g/mol. The van der Waals surface area contributed by atoms with Gasteiger partial charge in [0.2, 0.25) is 0 Å². The summed E-state index contributed by atoms with van der Waals surface area (Å²) in [6.07, 6.45) is 0. The smallest absolute Gasteiger partial charge is 0.262 e. The van der Waals surface area contributed by atoms with Gasteiger partial charge in [0.05, 0.1) is 0 Å². The lowest BCUT2D eigenvalue weighted by Gasteiger charge is -2.08. The van der Waals surface area contributed by atoms with E-state index >= 15 is 0 Å². The highest BCUT2D eigenvalue weighted by atomic mass is 19.1. The highest BCUT2D eigenvalue weighted by Gasteiger charge is 2.06. The van der Waals surface area contributed by atoms with Crippen LogP contribution in [0, 0.1) is 5.82 Å². The van der Waals surface area contributed by atoms with Crippen molar-refractivity contribution in [1.82, 2.24) is 0 Å². The fraction of sp³-hybridized carbons (Fsp3) is 0.133. The van der Waals surface area contributed by atoms with E-state index in [1.807, 2.05) is 18.2 Å². The van der Waals surface area contributed by atoms with Gasteiger partial charge in [-0.05, 0) is 18.2 Å². The van der Waals surface area contributed by atoms with Crippen LogP contribution in [0.15, 0.2) is 48.5 Å². The van der Waals surface area contributed by atoms with Crippen molar-refractivity contribution in [3.8, 4) is 5.75 Å². The lowest BCUT2D eigenvalue weighted by Crippen LogP contribution is -2.20. The Hall–Kier alpha value is -2.40. The molecule has 0 bridgehead atoms. The Morgan fingerprint density at radius 3 is 2.60 bits per heavy atom. The molecule has 5 heteroatoms. The number of para-hydroxylation sites is 1. The lowest BCUT2D eigenvalue weighted by atomic mass is 10.2. The fourth-order valence-electron chi connectivity index (χ4n) is 1.65. The van der Waals surface area contributed by atoms with Crippen molar-refractivity contribution in [2.45, 2.75) is 6.54 Å². The number of nitrogens with one attached hydrogen (secondary N) is 1. The zero-order valence-electron chi connectivity index (χ0n) is 10.8. The average Bonchev–Trinajstić information content (AvgIpc) is 2.46. The van der Waals surface area contributed by atoms with E-state index in [0.29, 0.717) is 17.0 Å². The van der Waals surface area contributed by atoms with Crippen LogP contribution in [0.25, 0.3) is 0 Å². The summed E-state index contributed by atoms with van der Waals surface area (Å²) in [6, 6.07) is 13.4. The Morgan fingerprint density at radius 2 is 1.95 bits per heavy atom. The monoisotopic (exact) mass is 274 g/mol. The van der Waals surface area contributed by atoms with E-state index in [1.54, 1.807) is 24.3 Å². The summed E-state index contributed by atoms with van der Waals surface area (Å²) in [5, 5.41) is 2.67. The van der Waals surface area contributed by atoms with Crippen molar-refractivity contribution in [2.75, 3.05) is 11.9 Å². The minimum atomic E-state index is -0.437. The SMILES string of the molecule is NCc1ccc(OCC(=O)Nc2ccccc2)cc1F. The van der Waals surface area contributed by atoms with E-state index in [4.69, 9.17) is 10.5 Å². The molecule has 0 unspecified atom stereocenters. The van der Waals surface area contributed by atoms with Crippen LogP contribution in [0.1, 0.15) is 5.56 Å². The van der Waals surface area contributed by atoms with Crippen molar-refractivity contribution in [3.05, 3.63) is 59.9 Å². The molecular weight excluding hydrogens is 259 g/mol. The molecule has 4 nitrogen and oxygen atoms in total. The second-order valence-corrected chi connectivity index (χ2v) is 4.16. The highest BCUT2D eigenvalue weighted by Crippen LogP contribution is 2.16. The van der Waals surface area contributed by atoms with Gasteiger partial charge in [-0.15, -0.1) is 0 Å². The molecule has 3 N–H and O–H groups in total. The Balaban J connectivity index is 1.89. The minimum absolute atomic E-state index is 0.126. The van der Waals surface area contributed by atoms with Crippen LogP contribution in [-0.4, -0.2) is 12.5 Å². The van der Waals surface area contributed by atoms with E-state index in [0.717, 1.165) is 0 Å². The number of nitrogens with two attached hydrogens (primary N) is 1. The molecule has 0 aliphatic carbocycles. The summed E-state index contributed by atoms with van der Waals surface area (Å²) in [7, 11) is 0. The third-order valence-electron chi connectivity index (χ3n) is 2.67. The second-order valence-electron chi connectivity index (χ2n) is 4.16. The first kappa shape index (κ1) is 14.0. The lowest BCUT2D eigenvalue weighted by molar-refractivity contribution is -0.118. The van der Waals surface area contributed by atoms with Gasteiger partial charge in [-0.25, -0.2) is 4.39 Å². The number of hydrogen-bond donors (Lipinski definition) is 2. The standard InChI is InChI=1S/C15H15FN2O2/c16-14-8-13(7-6-11(14)9-17)20-10-15(19)18-12-4-2-1-3-5-12/h1-8H,9-10,17H2,(H,18,19). The van der Waals surface area contributed by atoms with Crippen molar-refractivity contribution in [3.63, 3.8) is 0 Å². The molecule has 0 saturated heterocycles. The quantitative estimate of drug-likeness (QED) is 0.879. The molecular formula is C15H15FN2O2. The first-order valence-electron chi connectivity index (χ1n) is 6.15. The summed E-state index contributed by atoms with van der Waals surface area (Å²) in [5.74, 6) is -0.448. The maximum atomic E-state index is 13.5. The van der Waals surface area contributed by atoms with Gasteiger partial charge in [-0.3, -0.25) is 4.79 Å². The fourth-order valence-corrected chi connectivity index (χ4v) is 1.65. The van der Waals surface area contributed by atoms with Gasteiger partial charge < -0.3 is 15.8 Å². The Kier molecular flexibility index (Phi) is 4.68. The van der Waals surface area contributed by atoms with Gasteiger partial charge in [0.15, 0.2) is 6.61 Å². The highest BCUT2D eigenvalue weighted by molar-refractivity contribution is 5.91. The molecule has 20 heavy (non-hydrogen) atoms. The summed E-state index contributed by atoms with van der Waals surface area (Å²) >= 11 is 0. The maximum Gasteiger partial charge on any atom is 0.262 e. The zero-order chi connectivity index (χ0) is 14.4. The molecule has 2 aromatic carbocycles.